The smallest absolute Gasteiger partial charge is 0.219 e. The van der Waals surface area contributed by atoms with Crippen molar-refractivity contribution in [2.75, 3.05) is 32.7 Å². The van der Waals surface area contributed by atoms with Crippen molar-refractivity contribution in [2.24, 2.45) is 4.99 Å². The molecule has 0 radical (unpaired) electrons. The number of hydrogen-bond acceptors (Lipinski definition) is 6. The summed E-state index contributed by atoms with van der Waals surface area (Å²) < 4.78 is 11.7. The number of pyridine rings is 1. The first-order valence-electron chi connectivity index (χ1n) is 10.5. The zero-order valence-corrected chi connectivity index (χ0v) is 17.5. The van der Waals surface area contributed by atoms with Crippen LogP contribution in [-0.4, -0.2) is 59.6 Å². The summed E-state index contributed by atoms with van der Waals surface area (Å²) in [5.74, 6) is 1.37. The fraction of sp³-hybridized carbons (Fsp3) is 0.292. The van der Waals surface area contributed by atoms with Crippen LogP contribution in [0.25, 0.3) is 16.5 Å². The highest BCUT2D eigenvalue weighted by atomic mass is 16.5. The lowest BCUT2D eigenvalue weighted by molar-refractivity contribution is -0.130. The zero-order valence-electron chi connectivity index (χ0n) is 17.5. The second-order valence-corrected chi connectivity index (χ2v) is 7.87. The highest BCUT2D eigenvalue weighted by Crippen LogP contribution is 2.29. The molecule has 1 aromatic carbocycles. The molecular formula is C24H24N4O3. The number of rotatable bonds is 5. The number of aromatic nitrogens is 1. The number of furan rings is 1. The van der Waals surface area contributed by atoms with Crippen LogP contribution in [0.5, 0.6) is 11.6 Å². The van der Waals surface area contributed by atoms with Crippen molar-refractivity contribution in [1.29, 1.82) is 0 Å². The van der Waals surface area contributed by atoms with E-state index < -0.39 is 0 Å². The number of allylic oxidation sites excluding steroid dienone is 1. The summed E-state index contributed by atoms with van der Waals surface area (Å²) in [6, 6.07) is 9.74. The number of fused-ring (bicyclic) bond motifs is 1. The van der Waals surface area contributed by atoms with Gasteiger partial charge in [0.05, 0.1) is 12.8 Å². The average Bonchev–Trinajstić information content (AvgIpc) is 3.45. The molecule has 0 atom stereocenters. The molecule has 31 heavy (non-hydrogen) atoms. The minimum Gasteiger partial charge on any atom is -0.464 e. The molecule has 0 unspecified atom stereocenters. The Morgan fingerprint density at radius 3 is 2.74 bits per heavy atom. The summed E-state index contributed by atoms with van der Waals surface area (Å²) in [5.41, 5.74) is 4.15. The molecule has 1 amide bonds. The van der Waals surface area contributed by atoms with Gasteiger partial charge in [-0.25, -0.2) is 4.98 Å². The van der Waals surface area contributed by atoms with E-state index in [9.17, 15) is 4.79 Å². The van der Waals surface area contributed by atoms with Crippen LogP contribution in [0.15, 0.2) is 58.3 Å². The van der Waals surface area contributed by atoms with Crippen LogP contribution in [-0.2, 0) is 11.3 Å². The third-order valence-corrected chi connectivity index (χ3v) is 5.81. The molecule has 1 fully saturated rings. The van der Waals surface area contributed by atoms with Crippen LogP contribution in [0.1, 0.15) is 18.1 Å². The summed E-state index contributed by atoms with van der Waals surface area (Å²) in [6.45, 7) is 6.44. The fourth-order valence-electron chi connectivity index (χ4n) is 4.00. The Hall–Kier alpha value is -3.45. The second kappa shape index (κ2) is 8.35. The van der Waals surface area contributed by atoms with Gasteiger partial charge < -0.3 is 14.1 Å². The molecule has 158 valence electrons. The van der Waals surface area contributed by atoms with E-state index in [0.717, 1.165) is 60.4 Å². The Kier molecular flexibility index (Phi) is 5.26. The van der Waals surface area contributed by atoms with E-state index in [1.165, 1.54) is 0 Å². The standard InChI is InChI=1S/C24H24N4O3/c1-17(29)28-10-8-27(9-11-28)15-20-16-30-23-12-21(3-4-22(20)23)31-24-5-2-18(14-26-24)19-6-7-25-13-19/h2-7,12,14,16H,8-11,13,15H2,1H3. The third-order valence-electron chi connectivity index (χ3n) is 5.81. The average molecular weight is 416 g/mol. The predicted molar refractivity (Wildman–Crippen MR) is 119 cm³/mol. The SMILES string of the molecule is CC(=O)N1CCN(Cc2coc3cc(Oc4ccc(C5=CC=NC5)cn4)ccc23)CC1. The van der Waals surface area contributed by atoms with Crippen molar-refractivity contribution in [3.8, 4) is 11.6 Å². The van der Waals surface area contributed by atoms with Gasteiger partial charge in [-0.15, -0.1) is 0 Å². The molecule has 0 bridgehead atoms. The monoisotopic (exact) mass is 416 g/mol. The highest BCUT2D eigenvalue weighted by Gasteiger charge is 2.20. The van der Waals surface area contributed by atoms with Crippen molar-refractivity contribution in [3.63, 3.8) is 0 Å². The van der Waals surface area contributed by atoms with Crippen LogP contribution < -0.4 is 4.74 Å². The number of aliphatic imine (C=N–C) groups is 1. The fourth-order valence-corrected chi connectivity index (χ4v) is 4.00. The Morgan fingerprint density at radius 1 is 1.16 bits per heavy atom. The third kappa shape index (κ3) is 4.22. The molecule has 2 aliphatic heterocycles. The summed E-state index contributed by atoms with van der Waals surface area (Å²) in [5, 5.41) is 1.08. The Balaban J connectivity index is 1.24. The van der Waals surface area contributed by atoms with Crippen molar-refractivity contribution in [1.82, 2.24) is 14.8 Å². The van der Waals surface area contributed by atoms with Gasteiger partial charge in [0.25, 0.3) is 0 Å². The summed E-state index contributed by atoms with van der Waals surface area (Å²) in [6.07, 6.45) is 7.45. The van der Waals surface area contributed by atoms with E-state index in [2.05, 4.69) is 14.9 Å². The molecule has 0 saturated carbocycles. The molecule has 0 N–H and O–H groups in total. The van der Waals surface area contributed by atoms with E-state index in [4.69, 9.17) is 9.15 Å². The molecule has 3 aromatic rings. The molecule has 1 saturated heterocycles. The van der Waals surface area contributed by atoms with Crippen molar-refractivity contribution in [3.05, 3.63) is 60.0 Å². The Morgan fingerprint density at radius 2 is 2.03 bits per heavy atom. The van der Waals surface area contributed by atoms with Gasteiger partial charge in [0, 0.05) is 75.1 Å². The number of amides is 1. The van der Waals surface area contributed by atoms with Crippen LogP contribution in [0.4, 0.5) is 0 Å². The maximum absolute atomic E-state index is 11.5. The lowest BCUT2D eigenvalue weighted by Gasteiger charge is -2.33. The molecule has 2 aliphatic rings. The van der Waals surface area contributed by atoms with Gasteiger partial charge in [0.1, 0.15) is 11.3 Å². The van der Waals surface area contributed by atoms with Gasteiger partial charge in [-0.2, -0.15) is 0 Å². The first-order valence-corrected chi connectivity index (χ1v) is 10.5. The van der Waals surface area contributed by atoms with Crippen molar-refractivity contribution >= 4 is 28.7 Å². The normalized spacial score (nSPS) is 16.7. The Labute approximate surface area is 180 Å². The van der Waals surface area contributed by atoms with Crippen LogP contribution in [0.2, 0.25) is 0 Å². The number of benzene rings is 1. The maximum Gasteiger partial charge on any atom is 0.219 e. The van der Waals surface area contributed by atoms with Crippen molar-refractivity contribution < 1.29 is 13.9 Å². The van der Waals surface area contributed by atoms with Gasteiger partial charge >= 0.3 is 0 Å². The summed E-state index contributed by atoms with van der Waals surface area (Å²) in [4.78, 5) is 24.4. The first kappa shape index (κ1) is 19.5. The van der Waals surface area contributed by atoms with Gasteiger partial charge in [-0.05, 0) is 35.4 Å². The van der Waals surface area contributed by atoms with Gasteiger partial charge in [0.2, 0.25) is 11.8 Å². The maximum atomic E-state index is 11.5. The van der Waals surface area contributed by atoms with E-state index in [-0.39, 0.29) is 5.91 Å². The lowest BCUT2D eigenvalue weighted by atomic mass is 10.1. The van der Waals surface area contributed by atoms with Crippen LogP contribution >= 0.6 is 0 Å². The highest BCUT2D eigenvalue weighted by molar-refractivity contribution is 5.89. The molecule has 7 nitrogen and oxygen atoms in total. The van der Waals surface area contributed by atoms with Crippen LogP contribution in [0.3, 0.4) is 0 Å². The minimum atomic E-state index is 0.148. The number of ether oxygens (including phenoxy) is 1. The molecule has 7 heteroatoms. The molecule has 2 aromatic heterocycles. The molecule has 5 rings (SSSR count). The van der Waals surface area contributed by atoms with E-state index in [1.54, 1.807) is 6.92 Å². The zero-order chi connectivity index (χ0) is 21.2. The number of piperazine rings is 1. The lowest BCUT2D eigenvalue weighted by Crippen LogP contribution is -2.47. The van der Waals surface area contributed by atoms with E-state index in [0.29, 0.717) is 18.2 Å². The van der Waals surface area contributed by atoms with E-state index >= 15 is 0 Å². The molecule has 0 spiro atoms. The van der Waals surface area contributed by atoms with E-state index in [1.807, 2.05) is 60.0 Å². The molecular weight excluding hydrogens is 392 g/mol. The van der Waals surface area contributed by atoms with Gasteiger partial charge in [-0.3, -0.25) is 14.7 Å². The second-order valence-electron chi connectivity index (χ2n) is 7.87. The van der Waals surface area contributed by atoms with Gasteiger partial charge in [0.15, 0.2) is 0 Å². The largest absolute Gasteiger partial charge is 0.464 e. The number of carbonyl (C=O) groups is 1. The summed E-state index contributed by atoms with van der Waals surface area (Å²) in [7, 11) is 0. The van der Waals surface area contributed by atoms with Crippen molar-refractivity contribution in [2.45, 2.75) is 13.5 Å². The quantitative estimate of drug-likeness (QED) is 0.633. The van der Waals surface area contributed by atoms with Gasteiger partial charge in [-0.1, -0.05) is 0 Å². The van der Waals surface area contributed by atoms with Crippen LogP contribution in [0, 0.1) is 0 Å². The Bertz CT molecular complexity index is 1160. The molecule has 0 aliphatic carbocycles. The first-order chi connectivity index (χ1) is 15.2. The molecule has 4 heterocycles. The predicted octanol–water partition coefficient (Wildman–Crippen LogP) is 3.75. The number of nitrogens with zero attached hydrogens (tertiary/aromatic N) is 4. The summed E-state index contributed by atoms with van der Waals surface area (Å²) >= 11 is 0. The number of hydrogen-bond donors (Lipinski definition) is 0. The topological polar surface area (TPSA) is 71.2 Å². The number of carbonyl (C=O) groups excluding carboxylic acids is 1. The minimum absolute atomic E-state index is 0.148.